The molecule has 2 aromatic rings. The molecule has 0 atom stereocenters. The van der Waals surface area contributed by atoms with Crippen LogP contribution in [0, 0.1) is 12.7 Å². The van der Waals surface area contributed by atoms with E-state index >= 15 is 0 Å². The van der Waals surface area contributed by atoms with Gasteiger partial charge in [-0.3, -0.25) is 4.79 Å². The smallest absolute Gasteiger partial charge is 0.251 e. The molecule has 0 spiro atoms. The lowest BCUT2D eigenvalue weighted by Gasteiger charge is -2.09. The van der Waals surface area contributed by atoms with Crippen molar-refractivity contribution in [3.05, 3.63) is 63.8 Å². The second-order valence-electron chi connectivity index (χ2n) is 3.95. The number of rotatable bonds is 2. The molecule has 2 rings (SSSR count). The molecule has 0 aliphatic heterocycles. The van der Waals surface area contributed by atoms with Crippen LogP contribution < -0.4 is 11.3 Å². The first-order valence-electron chi connectivity index (χ1n) is 5.28. The summed E-state index contributed by atoms with van der Waals surface area (Å²) in [6, 6.07) is 9.62. The van der Waals surface area contributed by atoms with Gasteiger partial charge in [0.1, 0.15) is 5.82 Å². The first-order chi connectivity index (χ1) is 8.08. The van der Waals surface area contributed by atoms with Crippen LogP contribution in [0.3, 0.4) is 0 Å². The van der Waals surface area contributed by atoms with Crippen molar-refractivity contribution >= 4 is 5.69 Å². The summed E-state index contributed by atoms with van der Waals surface area (Å²) in [6.07, 6.45) is 0. The average Bonchev–Trinajstić information content (AvgIpc) is 2.28. The van der Waals surface area contributed by atoms with E-state index in [0.29, 0.717) is 12.1 Å². The van der Waals surface area contributed by atoms with E-state index in [1.807, 2.05) is 13.0 Å². The quantitative estimate of drug-likeness (QED) is 0.804. The SMILES string of the molecule is Cc1cccc(=O)n1Cc1ccc(N)c(F)c1. The number of anilines is 1. The third-order valence-corrected chi connectivity index (χ3v) is 2.67. The Kier molecular flexibility index (Phi) is 2.95. The van der Waals surface area contributed by atoms with E-state index in [2.05, 4.69) is 0 Å². The van der Waals surface area contributed by atoms with Crippen molar-refractivity contribution in [3.63, 3.8) is 0 Å². The molecule has 0 fully saturated rings. The Morgan fingerprint density at radius 2 is 2.06 bits per heavy atom. The average molecular weight is 232 g/mol. The van der Waals surface area contributed by atoms with Gasteiger partial charge in [-0.05, 0) is 30.7 Å². The maximum atomic E-state index is 13.3. The first-order valence-corrected chi connectivity index (χ1v) is 5.28. The van der Waals surface area contributed by atoms with Gasteiger partial charge in [-0.15, -0.1) is 0 Å². The predicted molar refractivity (Wildman–Crippen MR) is 65.4 cm³/mol. The summed E-state index contributed by atoms with van der Waals surface area (Å²) in [5, 5.41) is 0. The van der Waals surface area contributed by atoms with Crippen LogP contribution in [0.2, 0.25) is 0 Å². The second kappa shape index (κ2) is 4.41. The van der Waals surface area contributed by atoms with Gasteiger partial charge in [-0.25, -0.2) is 4.39 Å². The number of halogens is 1. The Morgan fingerprint density at radius 3 is 2.71 bits per heavy atom. The number of pyridine rings is 1. The molecule has 4 heteroatoms. The topological polar surface area (TPSA) is 48.0 Å². The fourth-order valence-electron chi connectivity index (χ4n) is 1.68. The molecule has 1 aromatic carbocycles. The fourth-order valence-corrected chi connectivity index (χ4v) is 1.68. The van der Waals surface area contributed by atoms with Gasteiger partial charge in [0.05, 0.1) is 12.2 Å². The molecular weight excluding hydrogens is 219 g/mol. The van der Waals surface area contributed by atoms with Crippen molar-refractivity contribution in [1.29, 1.82) is 0 Å². The molecule has 0 aliphatic carbocycles. The van der Waals surface area contributed by atoms with E-state index in [9.17, 15) is 9.18 Å². The van der Waals surface area contributed by atoms with E-state index in [1.54, 1.807) is 16.7 Å². The van der Waals surface area contributed by atoms with Crippen molar-refractivity contribution in [2.24, 2.45) is 0 Å². The van der Waals surface area contributed by atoms with Crippen LogP contribution >= 0.6 is 0 Å². The van der Waals surface area contributed by atoms with E-state index in [-0.39, 0.29) is 11.2 Å². The van der Waals surface area contributed by atoms with Gasteiger partial charge in [0.2, 0.25) is 0 Å². The fraction of sp³-hybridized carbons (Fsp3) is 0.154. The Balaban J connectivity index is 2.38. The number of aromatic nitrogens is 1. The summed E-state index contributed by atoms with van der Waals surface area (Å²) in [5.41, 5.74) is 6.98. The molecule has 0 radical (unpaired) electrons. The van der Waals surface area contributed by atoms with Crippen molar-refractivity contribution in [2.75, 3.05) is 5.73 Å². The Morgan fingerprint density at radius 1 is 1.29 bits per heavy atom. The Bertz CT molecular complexity index is 605. The third kappa shape index (κ3) is 2.36. The number of nitrogens with zero attached hydrogens (tertiary/aromatic N) is 1. The second-order valence-corrected chi connectivity index (χ2v) is 3.95. The number of hydrogen-bond acceptors (Lipinski definition) is 2. The molecule has 0 amide bonds. The van der Waals surface area contributed by atoms with E-state index in [1.165, 1.54) is 18.2 Å². The summed E-state index contributed by atoms with van der Waals surface area (Å²) in [7, 11) is 0. The van der Waals surface area contributed by atoms with Gasteiger partial charge in [0, 0.05) is 11.8 Å². The summed E-state index contributed by atoms with van der Waals surface area (Å²) in [5.74, 6) is -0.455. The molecule has 1 heterocycles. The van der Waals surface area contributed by atoms with Crippen molar-refractivity contribution in [1.82, 2.24) is 4.57 Å². The van der Waals surface area contributed by atoms with Crippen LogP contribution in [0.4, 0.5) is 10.1 Å². The molecular formula is C13H13FN2O. The minimum atomic E-state index is -0.455. The highest BCUT2D eigenvalue weighted by Crippen LogP contribution is 2.13. The zero-order valence-electron chi connectivity index (χ0n) is 9.48. The standard InChI is InChI=1S/C13H13FN2O/c1-9-3-2-4-13(17)16(9)8-10-5-6-12(15)11(14)7-10/h2-7H,8,15H2,1H3. The molecule has 0 saturated heterocycles. The van der Waals surface area contributed by atoms with Gasteiger partial charge in [0.25, 0.3) is 5.56 Å². The van der Waals surface area contributed by atoms with E-state index in [0.717, 1.165) is 5.69 Å². The van der Waals surface area contributed by atoms with Crippen LogP contribution in [-0.2, 0) is 6.54 Å². The van der Waals surface area contributed by atoms with Crippen LogP contribution in [-0.4, -0.2) is 4.57 Å². The maximum Gasteiger partial charge on any atom is 0.251 e. The minimum Gasteiger partial charge on any atom is -0.396 e. The zero-order chi connectivity index (χ0) is 12.4. The highest BCUT2D eigenvalue weighted by atomic mass is 19.1. The lowest BCUT2D eigenvalue weighted by Crippen LogP contribution is -2.21. The largest absolute Gasteiger partial charge is 0.396 e. The molecule has 1 aromatic heterocycles. The minimum absolute atomic E-state index is 0.0952. The van der Waals surface area contributed by atoms with Crippen LogP contribution in [0.5, 0.6) is 0 Å². The van der Waals surface area contributed by atoms with Crippen molar-refractivity contribution < 1.29 is 4.39 Å². The van der Waals surface area contributed by atoms with Gasteiger partial charge >= 0.3 is 0 Å². The third-order valence-electron chi connectivity index (χ3n) is 2.67. The molecule has 0 bridgehead atoms. The van der Waals surface area contributed by atoms with Gasteiger partial charge in [0.15, 0.2) is 0 Å². The predicted octanol–water partition coefficient (Wildman–Crippen LogP) is 1.93. The lowest BCUT2D eigenvalue weighted by atomic mass is 10.2. The van der Waals surface area contributed by atoms with Gasteiger partial charge in [-0.1, -0.05) is 12.1 Å². The Hall–Kier alpha value is -2.10. The summed E-state index contributed by atoms with van der Waals surface area (Å²) in [6.45, 7) is 2.19. The number of hydrogen-bond donors (Lipinski definition) is 1. The normalized spacial score (nSPS) is 10.5. The molecule has 0 unspecified atom stereocenters. The van der Waals surface area contributed by atoms with Crippen molar-refractivity contribution in [3.8, 4) is 0 Å². The number of benzene rings is 1. The number of nitrogen functional groups attached to an aromatic ring is 1. The summed E-state index contributed by atoms with van der Waals surface area (Å²) in [4.78, 5) is 11.6. The molecule has 17 heavy (non-hydrogen) atoms. The monoisotopic (exact) mass is 232 g/mol. The van der Waals surface area contributed by atoms with Gasteiger partial charge in [-0.2, -0.15) is 0 Å². The molecule has 2 N–H and O–H groups in total. The molecule has 0 aliphatic rings. The number of aryl methyl sites for hydroxylation is 1. The van der Waals surface area contributed by atoms with Crippen LogP contribution in [0.25, 0.3) is 0 Å². The van der Waals surface area contributed by atoms with Crippen molar-refractivity contribution in [2.45, 2.75) is 13.5 Å². The molecule has 88 valence electrons. The van der Waals surface area contributed by atoms with E-state index in [4.69, 9.17) is 5.73 Å². The first kappa shape index (κ1) is 11.4. The lowest BCUT2D eigenvalue weighted by molar-refractivity contribution is 0.626. The van der Waals surface area contributed by atoms with Gasteiger partial charge < -0.3 is 10.3 Å². The Labute approximate surface area is 98.3 Å². The van der Waals surface area contributed by atoms with E-state index < -0.39 is 5.82 Å². The highest BCUT2D eigenvalue weighted by Gasteiger charge is 2.03. The van der Waals surface area contributed by atoms with Crippen LogP contribution in [0.1, 0.15) is 11.3 Å². The zero-order valence-corrected chi connectivity index (χ0v) is 9.48. The molecule has 3 nitrogen and oxygen atoms in total. The molecule has 0 saturated carbocycles. The summed E-state index contributed by atoms with van der Waals surface area (Å²) >= 11 is 0. The highest BCUT2D eigenvalue weighted by molar-refractivity contribution is 5.41. The summed E-state index contributed by atoms with van der Waals surface area (Å²) < 4.78 is 14.9. The maximum absolute atomic E-state index is 13.3. The number of nitrogens with two attached hydrogens (primary N) is 1. The van der Waals surface area contributed by atoms with Crippen LogP contribution in [0.15, 0.2) is 41.2 Å².